The summed E-state index contributed by atoms with van der Waals surface area (Å²) in [4.78, 5) is 25.5. The van der Waals surface area contributed by atoms with Gasteiger partial charge in [0.25, 0.3) is 5.91 Å². The molecule has 1 aromatic heterocycles. The first-order chi connectivity index (χ1) is 9.29. The van der Waals surface area contributed by atoms with Gasteiger partial charge in [-0.1, -0.05) is 0 Å². The van der Waals surface area contributed by atoms with Crippen molar-refractivity contribution in [2.24, 2.45) is 0 Å². The normalized spacial score (nSPS) is 22.6. The van der Waals surface area contributed by atoms with Gasteiger partial charge < -0.3 is 10.0 Å². The Bertz CT molecular complexity index is 550. The molecule has 1 aliphatic heterocycles. The Morgan fingerprint density at radius 1 is 1.45 bits per heavy atom. The maximum Gasteiger partial charge on any atom is 0.329 e. The van der Waals surface area contributed by atoms with E-state index < -0.39 is 11.5 Å². The van der Waals surface area contributed by atoms with Crippen LogP contribution in [-0.4, -0.2) is 43.7 Å². The van der Waals surface area contributed by atoms with E-state index in [0.717, 1.165) is 5.69 Å². The summed E-state index contributed by atoms with van der Waals surface area (Å²) in [5, 5.41) is 13.6. The monoisotopic (exact) mass is 279 g/mol. The Morgan fingerprint density at radius 3 is 2.60 bits per heavy atom. The lowest BCUT2D eigenvalue weighted by Gasteiger charge is -2.31. The first kappa shape index (κ1) is 14.6. The molecule has 1 saturated heterocycles. The Morgan fingerprint density at radius 2 is 2.10 bits per heavy atom. The molecule has 2 rings (SSSR count). The summed E-state index contributed by atoms with van der Waals surface area (Å²) in [6, 6.07) is 0.168. The van der Waals surface area contributed by atoms with Crippen molar-refractivity contribution in [3.63, 3.8) is 0 Å². The van der Waals surface area contributed by atoms with E-state index in [1.54, 1.807) is 11.6 Å². The van der Waals surface area contributed by atoms with Crippen molar-refractivity contribution in [3.8, 4) is 0 Å². The first-order valence-corrected chi connectivity index (χ1v) is 6.88. The van der Waals surface area contributed by atoms with Crippen molar-refractivity contribution in [2.75, 3.05) is 6.54 Å². The van der Waals surface area contributed by atoms with E-state index in [9.17, 15) is 14.7 Å². The van der Waals surface area contributed by atoms with Gasteiger partial charge in [0.05, 0.1) is 11.8 Å². The van der Waals surface area contributed by atoms with Crippen LogP contribution in [0.1, 0.15) is 55.7 Å². The van der Waals surface area contributed by atoms with Gasteiger partial charge in [-0.05, 0) is 40.5 Å². The number of nitrogens with zero attached hydrogens (tertiary/aromatic N) is 3. The maximum absolute atomic E-state index is 12.6. The smallest absolute Gasteiger partial charge is 0.329 e. The molecule has 0 aromatic carbocycles. The number of carbonyl (C=O) groups is 2. The molecular formula is C14H21N3O3. The van der Waals surface area contributed by atoms with Crippen LogP contribution in [0.2, 0.25) is 0 Å². The quantitative estimate of drug-likeness (QED) is 0.916. The highest BCUT2D eigenvalue weighted by molar-refractivity contribution is 5.98. The van der Waals surface area contributed by atoms with Gasteiger partial charge in [-0.3, -0.25) is 9.48 Å². The largest absolute Gasteiger partial charge is 0.480 e. The van der Waals surface area contributed by atoms with Crippen LogP contribution in [0.5, 0.6) is 0 Å². The molecule has 2 heterocycles. The molecule has 0 aliphatic carbocycles. The third-order valence-corrected chi connectivity index (χ3v) is 4.11. The highest BCUT2D eigenvalue weighted by Gasteiger charge is 2.46. The molecule has 6 heteroatoms. The summed E-state index contributed by atoms with van der Waals surface area (Å²) in [5.74, 6) is -1.19. The summed E-state index contributed by atoms with van der Waals surface area (Å²) in [6.07, 6.45) is 2.75. The van der Waals surface area contributed by atoms with Crippen LogP contribution in [0.3, 0.4) is 0 Å². The van der Waals surface area contributed by atoms with E-state index in [4.69, 9.17) is 0 Å². The number of aliphatic carboxylic acids is 1. The zero-order valence-electron chi connectivity index (χ0n) is 12.4. The van der Waals surface area contributed by atoms with Crippen LogP contribution in [0.15, 0.2) is 6.20 Å². The zero-order valence-corrected chi connectivity index (χ0v) is 12.4. The van der Waals surface area contributed by atoms with Crippen LogP contribution in [0, 0.1) is 6.92 Å². The number of rotatable bonds is 3. The summed E-state index contributed by atoms with van der Waals surface area (Å²) in [7, 11) is 0. The molecule has 0 radical (unpaired) electrons. The van der Waals surface area contributed by atoms with Gasteiger partial charge in [0, 0.05) is 18.3 Å². The van der Waals surface area contributed by atoms with Crippen molar-refractivity contribution in [3.05, 3.63) is 17.5 Å². The predicted molar refractivity (Wildman–Crippen MR) is 73.7 cm³/mol. The summed E-state index contributed by atoms with van der Waals surface area (Å²) in [5.41, 5.74) is 0.168. The van der Waals surface area contributed by atoms with E-state index in [1.165, 1.54) is 11.1 Å². The molecule has 20 heavy (non-hydrogen) atoms. The van der Waals surface area contributed by atoms with Gasteiger partial charge >= 0.3 is 5.97 Å². The molecule has 1 N–H and O–H groups in total. The van der Waals surface area contributed by atoms with Crippen LogP contribution in [0.25, 0.3) is 0 Å². The number of hydrogen-bond donors (Lipinski definition) is 1. The lowest BCUT2D eigenvalue weighted by Crippen LogP contribution is -2.50. The maximum atomic E-state index is 12.6. The molecule has 1 fully saturated rings. The fourth-order valence-corrected chi connectivity index (χ4v) is 2.81. The van der Waals surface area contributed by atoms with Gasteiger partial charge in [0.15, 0.2) is 0 Å². The highest BCUT2D eigenvalue weighted by Crippen LogP contribution is 2.31. The first-order valence-electron chi connectivity index (χ1n) is 6.88. The number of amides is 1. The minimum absolute atomic E-state index is 0.168. The Kier molecular flexibility index (Phi) is 3.58. The van der Waals surface area contributed by atoms with Gasteiger partial charge in [-0.15, -0.1) is 0 Å². The van der Waals surface area contributed by atoms with Crippen LogP contribution in [-0.2, 0) is 4.79 Å². The number of likely N-dealkylation sites (tertiary alicyclic amines) is 1. The molecular weight excluding hydrogens is 258 g/mol. The number of carbonyl (C=O) groups excluding carboxylic acids is 1. The molecule has 0 spiro atoms. The number of aromatic nitrogens is 2. The molecule has 110 valence electrons. The Balaban J connectivity index is 2.35. The fraction of sp³-hybridized carbons (Fsp3) is 0.643. The van der Waals surface area contributed by atoms with E-state index in [2.05, 4.69) is 5.10 Å². The minimum Gasteiger partial charge on any atom is -0.480 e. The fourth-order valence-electron chi connectivity index (χ4n) is 2.81. The summed E-state index contributed by atoms with van der Waals surface area (Å²) in [6.45, 7) is 7.92. The van der Waals surface area contributed by atoms with Crippen molar-refractivity contribution in [2.45, 2.75) is 52.1 Å². The summed E-state index contributed by atoms with van der Waals surface area (Å²) < 4.78 is 1.78. The van der Waals surface area contributed by atoms with Crippen molar-refractivity contribution in [1.29, 1.82) is 0 Å². The predicted octanol–water partition coefficient (Wildman–Crippen LogP) is 1.85. The van der Waals surface area contributed by atoms with Gasteiger partial charge in [-0.2, -0.15) is 5.10 Å². The molecule has 1 amide bonds. The molecule has 1 aliphatic rings. The second-order valence-electron chi connectivity index (χ2n) is 5.82. The second-order valence-corrected chi connectivity index (χ2v) is 5.82. The Hall–Kier alpha value is -1.85. The average molecular weight is 279 g/mol. The van der Waals surface area contributed by atoms with E-state index in [0.29, 0.717) is 24.9 Å². The molecule has 0 bridgehead atoms. The van der Waals surface area contributed by atoms with Gasteiger partial charge in [0.2, 0.25) is 0 Å². The molecule has 1 aromatic rings. The van der Waals surface area contributed by atoms with E-state index in [-0.39, 0.29) is 11.9 Å². The van der Waals surface area contributed by atoms with Crippen LogP contribution < -0.4 is 0 Å². The van der Waals surface area contributed by atoms with E-state index in [1.807, 2.05) is 20.8 Å². The van der Waals surface area contributed by atoms with Gasteiger partial charge in [-0.25, -0.2) is 4.79 Å². The molecule has 1 atom stereocenters. The third-order valence-electron chi connectivity index (χ3n) is 4.11. The topological polar surface area (TPSA) is 75.4 Å². The average Bonchev–Trinajstić information content (AvgIpc) is 2.93. The zero-order chi connectivity index (χ0) is 15.1. The standard InChI is InChI=1S/C14H21N3O3/c1-9(2)17-10(3)11(8-15-17)12(18)16-7-5-6-14(16,4)13(19)20/h8-9H,5-7H2,1-4H3,(H,19,20). The molecule has 1 unspecified atom stereocenters. The lowest BCUT2D eigenvalue weighted by atomic mass is 9.98. The lowest BCUT2D eigenvalue weighted by molar-refractivity contribution is -0.147. The number of carboxylic acid groups (broad SMARTS) is 1. The minimum atomic E-state index is -1.11. The van der Waals surface area contributed by atoms with Crippen molar-refractivity contribution >= 4 is 11.9 Å². The SMILES string of the molecule is Cc1c(C(=O)N2CCCC2(C)C(=O)O)cnn1C(C)C. The number of hydrogen-bond acceptors (Lipinski definition) is 3. The summed E-state index contributed by atoms with van der Waals surface area (Å²) >= 11 is 0. The van der Waals surface area contributed by atoms with Crippen molar-refractivity contribution in [1.82, 2.24) is 14.7 Å². The highest BCUT2D eigenvalue weighted by atomic mass is 16.4. The van der Waals surface area contributed by atoms with Crippen LogP contribution in [0.4, 0.5) is 0 Å². The molecule has 6 nitrogen and oxygen atoms in total. The number of carboxylic acids is 1. The molecule has 0 saturated carbocycles. The third kappa shape index (κ3) is 2.09. The van der Waals surface area contributed by atoms with E-state index >= 15 is 0 Å². The van der Waals surface area contributed by atoms with Crippen LogP contribution >= 0.6 is 0 Å². The van der Waals surface area contributed by atoms with Crippen molar-refractivity contribution < 1.29 is 14.7 Å². The Labute approximate surface area is 118 Å². The van der Waals surface area contributed by atoms with Gasteiger partial charge in [0.1, 0.15) is 5.54 Å². The second kappa shape index (κ2) is 4.92.